The molecule has 2 aromatic rings. The topological polar surface area (TPSA) is 71.2 Å². The molecule has 8 heteroatoms. The molecule has 0 aliphatic carbocycles. The van der Waals surface area contributed by atoms with Gasteiger partial charge >= 0.3 is 0 Å². The quantitative estimate of drug-likeness (QED) is 0.889. The predicted molar refractivity (Wildman–Crippen MR) is 94.9 cm³/mol. The number of rotatable bonds is 5. The minimum absolute atomic E-state index is 0.0338. The summed E-state index contributed by atoms with van der Waals surface area (Å²) in [6, 6.07) is 5.57. The van der Waals surface area contributed by atoms with E-state index in [1.165, 1.54) is 0 Å². The zero-order valence-electron chi connectivity index (χ0n) is 13.6. The minimum Gasteiger partial charge on any atom is -0.368 e. The highest BCUT2D eigenvalue weighted by atomic mass is 35.5. The van der Waals surface area contributed by atoms with E-state index in [4.69, 9.17) is 28.9 Å². The first-order valence-electron chi connectivity index (χ1n) is 7.11. The predicted octanol–water partition coefficient (Wildman–Crippen LogP) is 3.02. The number of nitrogens with zero attached hydrogens (tertiary/aromatic N) is 5. The Labute approximate surface area is 146 Å². The highest BCUT2D eigenvalue weighted by Gasteiger charge is 2.18. The molecule has 0 aliphatic rings. The van der Waals surface area contributed by atoms with Gasteiger partial charge in [-0.05, 0) is 31.7 Å². The molecule has 1 atom stereocenters. The second-order valence-corrected chi connectivity index (χ2v) is 6.40. The molecule has 0 amide bonds. The van der Waals surface area contributed by atoms with Crippen LogP contribution in [0.2, 0.25) is 10.0 Å². The molecule has 2 rings (SSSR count). The van der Waals surface area contributed by atoms with Crippen molar-refractivity contribution in [3.05, 3.63) is 39.6 Å². The summed E-state index contributed by atoms with van der Waals surface area (Å²) in [6.07, 6.45) is 0. The van der Waals surface area contributed by atoms with Crippen molar-refractivity contribution in [2.45, 2.75) is 19.5 Å². The molecule has 0 spiro atoms. The van der Waals surface area contributed by atoms with E-state index >= 15 is 0 Å². The number of anilines is 2. The summed E-state index contributed by atoms with van der Waals surface area (Å²) < 4.78 is 0. The number of hydrogen-bond acceptors (Lipinski definition) is 6. The third-order valence-electron chi connectivity index (χ3n) is 3.51. The molecular weight excluding hydrogens is 335 g/mol. The monoisotopic (exact) mass is 354 g/mol. The van der Waals surface area contributed by atoms with Crippen LogP contribution in [0.25, 0.3) is 0 Å². The van der Waals surface area contributed by atoms with Gasteiger partial charge in [-0.1, -0.05) is 29.3 Å². The van der Waals surface area contributed by atoms with Crippen molar-refractivity contribution < 1.29 is 0 Å². The average molecular weight is 355 g/mol. The maximum atomic E-state index is 6.06. The highest BCUT2D eigenvalue weighted by molar-refractivity contribution is 6.42. The van der Waals surface area contributed by atoms with Crippen molar-refractivity contribution in [3.8, 4) is 0 Å². The summed E-state index contributed by atoms with van der Waals surface area (Å²) in [6.45, 7) is 2.70. The number of nitrogens with two attached hydrogens (primary N) is 1. The molecule has 0 radical (unpaired) electrons. The summed E-state index contributed by atoms with van der Waals surface area (Å²) in [4.78, 5) is 16.7. The van der Waals surface area contributed by atoms with Crippen LogP contribution in [0, 0.1) is 0 Å². The van der Waals surface area contributed by atoms with Gasteiger partial charge in [-0.15, -0.1) is 0 Å². The molecule has 0 saturated carbocycles. The lowest BCUT2D eigenvalue weighted by atomic mass is 10.2. The lowest BCUT2D eigenvalue weighted by molar-refractivity contribution is 0.243. The molecule has 6 nitrogen and oxygen atoms in total. The van der Waals surface area contributed by atoms with Crippen molar-refractivity contribution in [2.75, 3.05) is 31.8 Å². The molecular formula is C15H20Cl2N6. The molecule has 1 unspecified atom stereocenters. The normalized spacial score (nSPS) is 12.5. The van der Waals surface area contributed by atoms with Crippen LogP contribution in [0.15, 0.2) is 18.2 Å². The van der Waals surface area contributed by atoms with Gasteiger partial charge in [0.1, 0.15) is 0 Å². The maximum absolute atomic E-state index is 6.06. The van der Waals surface area contributed by atoms with Gasteiger partial charge in [0.2, 0.25) is 11.9 Å². The van der Waals surface area contributed by atoms with Gasteiger partial charge in [0.25, 0.3) is 0 Å². The minimum atomic E-state index is -0.0338. The van der Waals surface area contributed by atoms with E-state index in [1.807, 2.05) is 40.2 Å². The number of halogens is 2. The second kappa shape index (κ2) is 7.29. The Balaban J connectivity index is 2.18. The Morgan fingerprint density at radius 1 is 1.09 bits per heavy atom. The molecule has 1 heterocycles. The summed E-state index contributed by atoms with van der Waals surface area (Å²) in [5.41, 5.74) is 6.84. The third-order valence-corrected chi connectivity index (χ3v) is 4.25. The van der Waals surface area contributed by atoms with Gasteiger partial charge in [0.05, 0.1) is 16.1 Å². The average Bonchev–Trinajstić information content (AvgIpc) is 2.49. The van der Waals surface area contributed by atoms with Gasteiger partial charge in [-0.2, -0.15) is 15.0 Å². The van der Waals surface area contributed by atoms with Crippen molar-refractivity contribution in [1.82, 2.24) is 19.9 Å². The largest absolute Gasteiger partial charge is 0.368 e. The Bertz CT molecular complexity index is 692. The van der Waals surface area contributed by atoms with Gasteiger partial charge in [0.15, 0.2) is 5.82 Å². The Morgan fingerprint density at radius 2 is 1.78 bits per heavy atom. The fourth-order valence-electron chi connectivity index (χ4n) is 2.04. The Kier molecular flexibility index (Phi) is 5.62. The molecule has 1 aromatic carbocycles. The molecule has 2 N–H and O–H groups in total. The Hall–Kier alpha value is -1.63. The molecule has 0 fully saturated rings. The first kappa shape index (κ1) is 17.7. The first-order valence-corrected chi connectivity index (χ1v) is 7.86. The third kappa shape index (κ3) is 4.43. The molecule has 0 saturated heterocycles. The van der Waals surface area contributed by atoms with E-state index in [2.05, 4.69) is 19.9 Å². The van der Waals surface area contributed by atoms with Crippen LogP contribution in [0.4, 0.5) is 11.9 Å². The summed E-state index contributed by atoms with van der Waals surface area (Å²) in [5.74, 6) is 1.39. The van der Waals surface area contributed by atoms with E-state index in [1.54, 1.807) is 11.0 Å². The number of nitrogen functional groups attached to an aromatic ring is 1. The van der Waals surface area contributed by atoms with E-state index < -0.39 is 0 Å². The molecule has 0 bridgehead atoms. The first-order chi connectivity index (χ1) is 10.8. The van der Waals surface area contributed by atoms with Gasteiger partial charge < -0.3 is 10.6 Å². The lowest BCUT2D eigenvalue weighted by Crippen LogP contribution is -2.25. The van der Waals surface area contributed by atoms with E-state index in [0.29, 0.717) is 28.4 Å². The van der Waals surface area contributed by atoms with Crippen LogP contribution in [-0.2, 0) is 6.54 Å². The number of aromatic nitrogens is 3. The van der Waals surface area contributed by atoms with Crippen molar-refractivity contribution in [3.63, 3.8) is 0 Å². The van der Waals surface area contributed by atoms with E-state index in [0.717, 1.165) is 5.56 Å². The van der Waals surface area contributed by atoms with Crippen molar-refractivity contribution >= 4 is 35.1 Å². The van der Waals surface area contributed by atoms with Gasteiger partial charge in [-0.3, -0.25) is 4.90 Å². The molecule has 1 aromatic heterocycles. The van der Waals surface area contributed by atoms with E-state index in [9.17, 15) is 0 Å². The molecule has 124 valence electrons. The van der Waals surface area contributed by atoms with E-state index in [-0.39, 0.29) is 12.0 Å². The van der Waals surface area contributed by atoms with Gasteiger partial charge in [-0.25, -0.2) is 0 Å². The Morgan fingerprint density at radius 3 is 2.39 bits per heavy atom. The fraction of sp³-hybridized carbons (Fsp3) is 0.400. The zero-order valence-corrected chi connectivity index (χ0v) is 15.1. The van der Waals surface area contributed by atoms with Crippen LogP contribution in [-0.4, -0.2) is 41.0 Å². The van der Waals surface area contributed by atoms with Crippen LogP contribution in [0.1, 0.15) is 24.4 Å². The van der Waals surface area contributed by atoms with Crippen molar-refractivity contribution in [2.24, 2.45) is 0 Å². The van der Waals surface area contributed by atoms with Crippen LogP contribution < -0.4 is 10.6 Å². The van der Waals surface area contributed by atoms with Crippen LogP contribution in [0.3, 0.4) is 0 Å². The number of benzene rings is 1. The van der Waals surface area contributed by atoms with Crippen LogP contribution >= 0.6 is 23.2 Å². The van der Waals surface area contributed by atoms with Crippen LogP contribution in [0.5, 0.6) is 0 Å². The lowest BCUT2D eigenvalue weighted by Gasteiger charge is -2.24. The number of hydrogen-bond donors (Lipinski definition) is 1. The SMILES string of the molecule is CC(c1nc(N)nc(N(C)C)n1)N(C)Cc1ccc(Cl)c(Cl)c1. The summed E-state index contributed by atoms with van der Waals surface area (Å²) in [5, 5.41) is 1.09. The maximum Gasteiger partial charge on any atom is 0.229 e. The van der Waals surface area contributed by atoms with Gasteiger partial charge in [0, 0.05) is 20.6 Å². The standard InChI is InChI=1S/C15H20Cl2N6/c1-9(13-19-14(18)21-15(20-13)22(2)3)23(4)8-10-5-6-11(16)12(17)7-10/h5-7,9H,8H2,1-4H3,(H2,18,19,20,21). The molecule has 0 aliphatic heterocycles. The zero-order chi connectivity index (χ0) is 17.1. The summed E-state index contributed by atoms with van der Waals surface area (Å²) in [7, 11) is 5.72. The fourth-order valence-corrected chi connectivity index (χ4v) is 2.36. The molecule has 23 heavy (non-hydrogen) atoms. The summed E-state index contributed by atoms with van der Waals surface area (Å²) >= 11 is 12.0. The van der Waals surface area contributed by atoms with Crippen molar-refractivity contribution in [1.29, 1.82) is 0 Å². The highest BCUT2D eigenvalue weighted by Crippen LogP contribution is 2.25. The second-order valence-electron chi connectivity index (χ2n) is 5.59. The smallest absolute Gasteiger partial charge is 0.229 e.